The quantitative estimate of drug-likeness (QED) is 0.145. The summed E-state index contributed by atoms with van der Waals surface area (Å²) in [4.78, 5) is 6.44. The van der Waals surface area contributed by atoms with Crippen LogP contribution in [-0.4, -0.2) is 6.73 Å². The summed E-state index contributed by atoms with van der Waals surface area (Å²) in [5, 5.41) is 0. The van der Waals surface area contributed by atoms with Gasteiger partial charge < -0.3 is 0 Å². The van der Waals surface area contributed by atoms with E-state index in [1.165, 1.54) is 0 Å². The molecule has 0 saturated heterocycles. The monoisotopic (exact) mass is 111 g/mol. The van der Waals surface area contributed by atoms with Gasteiger partial charge in [-0.25, -0.2) is 10.7 Å². The summed E-state index contributed by atoms with van der Waals surface area (Å²) >= 11 is 4.91. The van der Waals surface area contributed by atoms with E-state index >= 15 is 0 Å². The highest BCUT2D eigenvalue weighted by atomic mass is 35.5. The van der Waals surface area contributed by atoms with Crippen LogP contribution in [0.25, 0.3) is 0 Å². The third-order valence-corrected chi connectivity index (χ3v) is 0.319. The minimum absolute atomic E-state index is 0.193. The summed E-state index contributed by atoms with van der Waals surface area (Å²) in [7, 11) is 0. The largest absolute Gasteiger partial charge is 0.271 e. The molecule has 0 aliphatic rings. The zero-order chi connectivity index (χ0) is 4.83. The Morgan fingerprint density at radius 2 is 2.50 bits per heavy atom. The third-order valence-electron chi connectivity index (χ3n) is 0.210. The van der Waals surface area contributed by atoms with Gasteiger partial charge in [-0.3, -0.25) is 4.84 Å². The van der Waals surface area contributed by atoms with Gasteiger partial charge in [-0.05, 0) is 11.8 Å². The average Bonchev–Trinajstić information content (AvgIpc) is 1.61. The first-order valence-electron chi connectivity index (χ1n) is 1.32. The molecule has 0 fully saturated rings. The molecule has 0 aromatic rings. The molecule has 0 radical (unpaired) electrons. The first kappa shape index (κ1) is 6.13. The van der Waals surface area contributed by atoms with Gasteiger partial charge in [0.05, 0.1) is 0 Å². The van der Waals surface area contributed by atoms with Crippen molar-refractivity contribution < 1.29 is 4.84 Å². The van der Waals surface area contributed by atoms with Crippen molar-refractivity contribution in [3.63, 3.8) is 0 Å². The maximum Gasteiger partial charge on any atom is 0.133 e. The highest BCUT2D eigenvalue weighted by Gasteiger charge is 1.71. The first-order chi connectivity index (χ1) is 2.91. The van der Waals surface area contributed by atoms with Crippen molar-refractivity contribution in [2.45, 2.75) is 0 Å². The van der Waals surface area contributed by atoms with Crippen molar-refractivity contribution in [2.75, 3.05) is 6.73 Å². The summed E-state index contributed by atoms with van der Waals surface area (Å²) in [5.41, 5.74) is 1.92. The van der Waals surface area contributed by atoms with E-state index in [9.17, 15) is 0 Å². The van der Waals surface area contributed by atoms with E-state index in [0.717, 1.165) is 0 Å². The number of hydrogen-bond donors (Lipinski definition) is 3. The van der Waals surface area contributed by atoms with E-state index in [-0.39, 0.29) is 6.73 Å². The minimum Gasteiger partial charge on any atom is -0.271 e. The van der Waals surface area contributed by atoms with Crippen LogP contribution in [0.5, 0.6) is 0 Å². The van der Waals surface area contributed by atoms with Crippen LogP contribution in [0.1, 0.15) is 0 Å². The summed E-state index contributed by atoms with van der Waals surface area (Å²) in [5.74, 6) is 4.64. The van der Waals surface area contributed by atoms with Crippen molar-refractivity contribution >= 4 is 11.8 Å². The van der Waals surface area contributed by atoms with Crippen LogP contribution in [0.15, 0.2) is 0 Å². The van der Waals surface area contributed by atoms with Gasteiger partial charge in [-0.2, -0.15) is 0 Å². The predicted octanol–water partition coefficient (Wildman–Crippen LogP) is -0.918. The highest BCUT2D eigenvalue weighted by molar-refractivity contribution is 6.13. The molecule has 0 atom stereocenters. The Balaban J connectivity index is 2.34. The number of halogens is 1. The fraction of sp³-hybridized carbons (Fsp3) is 1.00. The molecule has 0 saturated carbocycles. The lowest BCUT2D eigenvalue weighted by atomic mass is 11.4. The molecule has 38 valence electrons. The number of hydrogen-bond acceptors (Lipinski definition) is 4. The fourth-order valence-corrected chi connectivity index (χ4v) is 0.123. The Kier molecular flexibility index (Phi) is 5.24. The molecule has 0 bridgehead atoms. The molecule has 6 heavy (non-hydrogen) atoms. The average molecular weight is 112 g/mol. The summed E-state index contributed by atoms with van der Waals surface area (Å²) in [6, 6.07) is 0. The van der Waals surface area contributed by atoms with Crippen molar-refractivity contribution in [1.29, 1.82) is 0 Å². The molecule has 0 amide bonds. The first-order valence-corrected chi connectivity index (χ1v) is 1.70. The normalized spacial score (nSPS) is 9.00. The van der Waals surface area contributed by atoms with E-state index in [4.69, 9.17) is 11.8 Å². The lowest BCUT2D eigenvalue weighted by Crippen LogP contribution is -2.25. The zero-order valence-corrected chi connectivity index (χ0v) is 3.83. The van der Waals surface area contributed by atoms with Gasteiger partial charge in [-0.15, -0.1) is 5.59 Å². The van der Waals surface area contributed by atoms with Crippen molar-refractivity contribution in [2.24, 2.45) is 5.84 Å². The third kappa shape index (κ3) is 4.13. The van der Waals surface area contributed by atoms with E-state index in [1.54, 1.807) is 0 Å². The van der Waals surface area contributed by atoms with Gasteiger partial charge in [0, 0.05) is 0 Å². The summed E-state index contributed by atoms with van der Waals surface area (Å²) in [6.07, 6.45) is 0. The van der Waals surface area contributed by atoms with Crippen LogP contribution in [0, 0.1) is 0 Å². The predicted molar refractivity (Wildman–Crippen MR) is 22.3 cm³/mol. The Labute approximate surface area is 40.6 Å². The molecule has 4 nitrogen and oxygen atoms in total. The van der Waals surface area contributed by atoms with Crippen molar-refractivity contribution in [3.05, 3.63) is 0 Å². The van der Waals surface area contributed by atoms with Crippen LogP contribution >= 0.6 is 11.8 Å². The standard InChI is InChI=1S/CH6ClN3O/c2-4-1-6-5-3/h4-5H,1,3H2. The second-order valence-corrected chi connectivity index (χ2v) is 0.807. The van der Waals surface area contributed by atoms with E-state index in [1.807, 2.05) is 5.59 Å². The second-order valence-electron chi connectivity index (χ2n) is 0.540. The van der Waals surface area contributed by atoms with E-state index in [2.05, 4.69) is 15.5 Å². The molecule has 4 N–H and O–H groups in total. The van der Waals surface area contributed by atoms with Crippen LogP contribution in [0.4, 0.5) is 0 Å². The summed E-state index contributed by atoms with van der Waals surface area (Å²) < 4.78 is 0. The molecule has 0 heterocycles. The number of nitrogens with two attached hydrogens (primary N) is 1. The van der Waals surface area contributed by atoms with E-state index < -0.39 is 0 Å². The van der Waals surface area contributed by atoms with Gasteiger partial charge in [0.15, 0.2) is 0 Å². The molecule has 0 aliphatic heterocycles. The van der Waals surface area contributed by atoms with Gasteiger partial charge in [-0.1, -0.05) is 0 Å². The molecule has 5 heteroatoms. The van der Waals surface area contributed by atoms with Crippen LogP contribution < -0.4 is 16.3 Å². The van der Waals surface area contributed by atoms with Gasteiger partial charge in [0.2, 0.25) is 0 Å². The Hall–Kier alpha value is 0.130. The molecular weight excluding hydrogens is 105 g/mol. The maximum absolute atomic E-state index is 4.91. The smallest absolute Gasteiger partial charge is 0.133 e. The van der Waals surface area contributed by atoms with Crippen LogP contribution in [0.3, 0.4) is 0 Å². The topological polar surface area (TPSA) is 59.3 Å². The summed E-state index contributed by atoms with van der Waals surface area (Å²) in [6.45, 7) is 0.193. The Morgan fingerprint density at radius 1 is 1.83 bits per heavy atom. The Morgan fingerprint density at radius 3 is 2.67 bits per heavy atom. The van der Waals surface area contributed by atoms with E-state index in [0.29, 0.717) is 0 Å². The Bertz CT molecular complexity index is 22.8. The van der Waals surface area contributed by atoms with Gasteiger partial charge in [0.25, 0.3) is 0 Å². The minimum atomic E-state index is 0.193. The van der Waals surface area contributed by atoms with Gasteiger partial charge >= 0.3 is 0 Å². The molecule has 0 aromatic heterocycles. The fourth-order valence-electron chi connectivity index (χ4n) is 0.0689. The second kappa shape index (κ2) is 5.13. The zero-order valence-electron chi connectivity index (χ0n) is 3.07. The van der Waals surface area contributed by atoms with Crippen LogP contribution in [0.2, 0.25) is 0 Å². The SMILES string of the molecule is NNOCNCl. The number of rotatable bonds is 3. The molecule has 0 aliphatic carbocycles. The molecule has 0 aromatic carbocycles. The maximum atomic E-state index is 4.91. The molecule has 0 rings (SSSR count). The van der Waals surface area contributed by atoms with Gasteiger partial charge in [0.1, 0.15) is 6.73 Å². The van der Waals surface area contributed by atoms with Crippen molar-refractivity contribution in [3.8, 4) is 0 Å². The molecular formula is CH6ClN3O. The molecule has 0 unspecified atom stereocenters. The number of hydrazine groups is 1. The van der Waals surface area contributed by atoms with Crippen LogP contribution in [-0.2, 0) is 4.84 Å². The number of nitrogens with one attached hydrogen (secondary N) is 2. The van der Waals surface area contributed by atoms with Crippen molar-refractivity contribution in [1.82, 2.24) is 10.4 Å². The highest BCUT2D eigenvalue weighted by Crippen LogP contribution is 1.57. The molecule has 0 spiro atoms. The lowest BCUT2D eigenvalue weighted by molar-refractivity contribution is 0.0388. The lowest BCUT2D eigenvalue weighted by Gasteiger charge is -1.93.